The third-order valence-electron chi connectivity index (χ3n) is 3.07. The van der Waals surface area contributed by atoms with Crippen LogP contribution in [0.1, 0.15) is 48.9 Å². The third-order valence-corrected chi connectivity index (χ3v) is 3.28. The van der Waals surface area contributed by atoms with E-state index in [1.807, 2.05) is 0 Å². The Hall–Kier alpha value is -1.15. The summed E-state index contributed by atoms with van der Waals surface area (Å²) in [6, 6.07) is 3.37. The van der Waals surface area contributed by atoms with E-state index >= 15 is 0 Å². The Bertz CT molecular complexity index is 440. The van der Waals surface area contributed by atoms with Crippen LogP contribution < -0.4 is 0 Å². The van der Waals surface area contributed by atoms with Crippen LogP contribution in [0, 0.1) is 0 Å². The number of hydrogen-bond acceptors (Lipinski definition) is 2. The summed E-state index contributed by atoms with van der Waals surface area (Å²) < 4.78 is 0. The number of carbonyl (C=O) groups is 1. The Kier molecular flexibility index (Phi) is 4.32. The van der Waals surface area contributed by atoms with Gasteiger partial charge in [0.05, 0.1) is 0 Å². The average Bonchev–Trinajstić information content (AvgIpc) is 2.28. The monoisotopic (exact) mass is 249 g/mol. The molecular formula is C14H16ClNO. The average molecular weight is 250 g/mol. The molecule has 17 heavy (non-hydrogen) atoms. The van der Waals surface area contributed by atoms with Gasteiger partial charge >= 0.3 is 0 Å². The Balaban J connectivity index is 2.18. The van der Waals surface area contributed by atoms with Gasteiger partial charge < -0.3 is 0 Å². The van der Waals surface area contributed by atoms with Crippen LogP contribution in [0.25, 0.3) is 0 Å². The molecule has 0 saturated heterocycles. The quantitative estimate of drug-likeness (QED) is 0.581. The minimum absolute atomic E-state index is 0.108. The number of carbonyl (C=O) groups excluding carboxylic acids is 1. The van der Waals surface area contributed by atoms with Crippen molar-refractivity contribution in [1.82, 2.24) is 4.98 Å². The fourth-order valence-corrected chi connectivity index (χ4v) is 2.30. The fraction of sp³-hybridized carbons (Fsp3) is 0.429. The fourth-order valence-electron chi connectivity index (χ4n) is 2.13. The summed E-state index contributed by atoms with van der Waals surface area (Å²) in [6.07, 6.45) is 10.4. The van der Waals surface area contributed by atoms with Gasteiger partial charge in [-0.15, -0.1) is 0 Å². The van der Waals surface area contributed by atoms with Crippen LogP contribution in [0.2, 0.25) is 5.15 Å². The van der Waals surface area contributed by atoms with Crippen molar-refractivity contribution in [1.29, 1.82) is 0 Å². The maximum atomic E-state index is 12.3. The first kappa shape index (κ1) is 12.3. The van der Waals surface area contributed by atoms with E-state index in [2.05, 4.69) is 11.1 Å². The second-order valence-electron chi connectivity index (χ2n) is 4.38. The number of halogens is 1. The summed E-state index contributed by atoms with van der Waals surface area (Å²) in [4.78, 5) is 16.2. The van der Waals surface area contributed by atoms with Crippen molar-refractivity contribution in [2.24, 2.45) is 0 Å². The number of allylic oxidation sites excluding steroid dienone is 2. The maximum Gasteiger partial charge on any atom is 0.188 e. The van der Waals surface area contributed by atoms with E-state index in [4.69, 9.17) is 11.6 Å². The lowest BCUT2D eigenvalue weighted by molar-refractivity contribution is 0.102. The predicted octanol–water partition coefficient (Wildman–Crippen LogP) is 4.20. The van der Waals surface area contributed by atoms with Crippen LogP contribution in [0.5, 0.6) is 0 Å². The van der Waals surface area contributed by atoms with Gasteiger partial charge in [0.1, 0.15) is 5.15 Å². The van der Waals surface area contributed by atoms with Gasteiger partial charge in [0.25, 0.3) is 0 Å². The lowest BCUT2D eigenvalue weighted by Gasteiger charge is -2.10. The zero-order valence-electron chi connectivity index (χ0n) is 9.79. The van der Waals surface area contributed by atoms with E-state index in [0.29, 0.717) is 10.7 Å². The van der Waals surface area contributed by atoms with Crippen LogP contribution in [0.3, 0.4) is 0 Å². The SMILES string of the molecule is O=C(/C1=C/CCCCCC1)c1ccnc(Cl)c1. The highest BCUT2D eigenvalue weighted by atomic mass is 35.5. The number of ketones is 1. The summed E-state index contributed by atoms with van der Waals surface area (Å²) in [7, 11) is 0. The maximum absolute atomic E-state index is 12.3. The van der Waals surface area contributed by atoms with Crippen molar-refractivity contribution in [3.63, 3.8) is 0 Å². The van der Waals surface area contributed by atoms with Crippen LogP contribution >= 0.6 is 11.6 Å². The number of aromatic nitrogens is 1. The molecule has 0 spiro atoms. The second-order valence-corrected chi connectivity index (χ2v) is 4.77. The molecule has 2 rings (SSSR count). The van der Waals surface area contributed by atoms with Crippen LogP contribution in [0.4, 0.5) is 0 Å². The third kappa shape index (κ3) is 3.40. The molecule has 0 amide bonds. The van der Waals surface area contributed by atoms with E-state index in [0.717, 1.165) is 24.8 Å². The van der Waals surface area contributed by atoms with Gasteiger partial charge in [-0.05, 0) is 43.4 Å². The molecule has 0 fully saturated rings. The van der Waals surface area contributed by atoms with Gasteiger partial charge in [0, 0.05) is 11.8 Å². The molecule has 0 radical (unpaired) electrons. The molecule has 3 heteroatoms. The molecule has 1 heterocycles. The highest BCUT2D eigenvalue weighted by Gasteiger charge is 2.13. The molecule has 1 aromatic rings. The molecule has 0 aromatic carbocycles. The van der Waals surface area contributed by atoms with Crippen molar-refractivity contribution < 1.29 is 4.79 Å². The van der Waals surface area contributed by atoms with Gasteiger partial charge in [-0.1, -0.05) is 30.5 Å². The van der Waals surface area contributed by atoms with E-state index in [1.54, 1.807) is 18.3 Å². The summed E-state index contributed by atoms with van der Waals surface area (Å²) >= 11 is 5.80. The van der Waals surface area contributed by atoms with Crippen molar-refractivity contribution in [3.05, 3.63) is 40.7 Å². The van der Waals surface area contributed by atoms with Crippen LogP contribution in [-0.2, 0) is 0 Å². The standard InChI is InChI=1S/C14H16ClNO/c15-13-10-12(8-9-16-13)14(17)11-6-4-2-1-3-5-7-11/h6,8-10H,1-5,7H2/b11-6+. The Morgan fingerprint density at radius 2 is 2.06 bits per heavy atom. The van der Waals surface area contributed by atoms with Gasteiger partial charge in [0.2, 0.25) is 0 Å². The van der Waals surface area contributed by atoms with Crippen molar-refractivity contribution in [3.8, 4) is 0 Å². The van der Waals surface area contributed by atoms with E-state index in [-0.39, 0.29) is 5.78 Å². The first-order valence-corrected chi connectivity index (χ1v) is 6.50. The molecule has 1 aliphatic rings. The number of pyridine rings is 1. The second kappa shape index (κ2) is 5.97. The Labute approximate surface area is 107 Å². The van der Waals surface area contributed by atoms with E-state index in [1.165, 1.54) is 19.3 Å². The zero-order valence-corrected chi connectivity index (χ0v) is 10.5. The molecule has 0 N–H and O–H groups in total. The smallest absolute Gasteiger partial charge is 0.188 e. The normalized spacial score (nSPS) is 19.9. The Morgan fingerprint density at radius 1 is 1.24 bits per heavy atom. The Morgan fingerprint density at radius 3 is 2.88 bits per heavy atom. The summed E-state index contributed by atoms with van der Waals surface area (Å²) in [5.74, 6) is 0.108. The highest BCUT2D eigenvalue weighted by Crippen LogP contribution is 2.21. The molecule has 0 atom stereocenters. The summed E-state index contributed by atoms with van der Waals surface area (Å²) in [6.45, 7) is 0. The lowest BCUT2D eigenvalue weighted by atomic mass is 9.94. The summed E-state index contributed by atoms with van der Waals surface area (Å²) in [5, 5.41) is 0.377. The number of nitrogens with zero attached hydrogens (tertiary/aromatic N) is 1. The highest BCUT2D eigenvalue weighted by molar-refractivity contribution is 6.29. The van der Waals surface area contributed by atoms with Gasteiger partial charge in [-0.2, -0.15) is 0 Å². The molecule has 1 aliphatic carbocycles. The van der Waals surface area contributed by atoms with Gasteiger partial charge in [-0.3, -0.25) is 4.79 Å². The minimum Gasteiger partial charge on any atom is -0.289 e. The molecular weight excluding hydrogens is 234 g/mol. The van der Waals surface area contributed by atoms with Crippen LogP contribution in [0.15, 0.2) is 30.0 Å². The van der Waals surface area contributed by atoms with Crippen LogP contribution in [-0.4, -0.2) is 10.8 Å². The molecule has 2 nitrogen and oxygen atoms in total. The van der Waals surface area contributed by atoms with E-state index < -0.39 is 0 Å². The van der Waals surface area contributed by atoms with Gasteiger partial charge in [0.15, 0.2) is 5.78 Å². The molecule has 90 valence electrons. The number of rotatable bonds is 2. The number of hydrogen-bond donors (Lipinski definition) is 0. The van der Waals surface area contributed by atoms with Gasteiger partial charge in [-0.25, -0.2) is 4.98 Å². The largest absolute Gasteiger partial charge is 0.289 e. The van der Waals surface area contributed by atoms with Crippen molar-refractivity contribution in [2.45, 2.75) is 38.5 Å². The first-order valence-electron chi connectivity index (χ1n) is 6.12. The summed E-state index contributed by atoms with van der Waals surface area (Å²) in [5.41, 5.74) is 1.59. The minimum atomic E-state index is 0.108. The van der Waals surface area contributed by atoms with E-state index in [9.17, 15) is 4.79 Å². The topological polar surface area (TPSA) is 30.0 Å². The van der Waals surface area contributed by atoms with Crippen molar-refractivity contribution >= 4 is 17.4 Å². The zero-order chi connectivity index (χ0) is 12.1. The lowest BCUT2D eigenvalue weighted by Crippen LogP contribution is -2.05. The molecule has 0 saturated carbocycles. The molecule has 0 aliphatic heterocycles. The molecule has 1 aromatic heterocycles. The first-order chi connectivity index (χ1) is 8.27. The molecule has 0 bridgehead atoms. The van der Waals surface area contributed by atoms with Crippen molar-refractivity contribution in [2.75, 3.05) is 0 Å². The number of Topliss-reactive ketones (excluding diaryl/α,β-unsaturated/α-hetero) is 1. The predicted molar refractivity (Wildman–Crippen MR) is 69.4 cm³/mol. The molecule has 0 unspecified atom stereocenters.